The standard InChI is InChI=1S/C14H15ClFN/c1-10-5-6-14(7-10,9-17)8-11-12(15)3-2-4-13(11)16/h2-4,10H,5-8H2,1H3. The minimum absolute atomic E-state index is 0.299. The molecule has 1 aliphatic carbocycles. The number of hydrogen-bond acceptors (Lipinski definition) is 1. The first-order chi connectivity index (χ1) is 8.06. The second-order valence-electron chi connectivity index (χ2n) is 5.12. The summed E-state index contributed by atoms with van der Waals surface area (Å²) in [5, 5.41) is 9.79. The van der Waals surface area contributed by atoms with Gasteiger partial charge in [0.1, 0.15) is 5.82 Å². The number of nitrogens with zero attached hydrogens (tertiary/aromatic N) is 1. The van der Waals surface area contributed by atoms with Crippen LogP contribution in [0.5, 0.6) is 0 Å². The second kappa shape index (κ2) is 4.66. The Morgan fingerprint density at radius 3 is 2.88 bits per heavy atom. The predicted molar refractivity (Wildman–Crippen MR) is 66.2 cm³/mol. The number of rotatable bonds is 2. The highest BCUT2D eigenvalue weighted by atomic mass is 35.5. The van der Waals surface area contributed by atoms with Crippen molar-refractivity contribution in [2.24, 2.45) is 11.3 Å². The minimum atomic E-state index is -0.425. The average Bonchev–Trinajstić information content (AvgIpc) is 2.67. The number of nitriles is 1. The lowest BCUT2D eigenvalue weighted by Gasteiger charge is -2.21. The third-order valence-corrected chi connectivity index (χ3v) is 4.02. The maximum atomic E-state index is 13.7. The molecule has 1 aromatic rings. The summed E-state index contributed by atoms with van der Waals surface area (Å²) >= 11 is 6.01. The van der Waals surface area contributed by atoms with E-state index < -0.39 is 5.41 Å². The van der Waals surface area contributed by atoms with Gasteiger partial charge < -0.3 is 0 Å². The summed E-state index contributed by atoms with van der Waals surface area (Å²) in [4.78, 5) is 0. The van der Waals surface area contributed by atoms with E-state index in [4.69, 9.17) is 11.6 Å². The minimum Gasteiger partial charge on any atom is -0.207 e. The maximum Gasteiger partial charge on any atom is 0.127 e. The Labute approximate surface area is 106 Å². The summed E-state index contributed by atoms with van der Waals surface area (Å²) in [6.07, 6.45) is 3.16. The van der Waals surface area contributed by atoms with Gasteiger partial charge in [0.25, 0.3) is 0 Å². The molecule has 0 radical (unpaired) electrons. The van der Waals surface area contributed by atoms with Gasteiger partial charge in [-0.2, -0.15) is 5.26 Å². The van der Waals surface area contributed by atoms with Crippen LogP contribution in [0.1, 0.15) is 31.7 Å². The van der Waals surface area contributed by atoms with Gasteiger partial charge >= 0.3 is 0 Å². The second-order valence-corrected chi connectivity index (χ2v) is 5.52. The van der Waals surface area contributed by atoms with Crippen LogP contribution in [0, 0.1) is 28.5 Å². The topological polar surface area (TPSA) is 23.8 Å². The molecule has 1 nitrogen and oxygen atoms in total. The van der Waals surface area contributed by atoms with E-state index in [9.17, 15) is 9.65 Å². The zero-order valence-corrected chi connectivity index (χ0v) is 10.6. The molecule has 1 fully saturated rings. The molecule has 0 aliphatic heterocycles. The zero-order valence-electron chi connectivity index (χ0n) is 9.84. The lowest BCUT2D eigenvalue weighted by Crippen LogP contribution is -2.18. The van der Waals surface area contributed by atoms with Gasteiger partial charge in [-0.05, 0) is 43.7 Å². The molecule has 17 heavy (non-hydrogen) atoms. The van der Waals surface area contributed by atoms with Crippen molar-refractivity contribution < 1.29 is 4.39 Å². The average molecular weight is 252 g/mol. The monoisotopic (exact) mass is 251 g/mol. The fourth-order valence-electron chi connectivity index (χ4n) is 2.74. The number of benzene rings is 1. The van der Waals surface area contributed by atoms with Gasteiger partial charge in [-0.15, -0.1) is 0 Å². The molecule has 90 valence electrons. The van der Waals surface area contributed by atoms with Gasteiger partial charge in [-0.25, -0.2) is 4.39 Å². The van der Waals surface area contributed by atoms with Crippen LogP contribution >= 0.6 is 11.6 Å². The molecule has 1 aliphatic rings. The van der Waals surface area contributed by atoms with Crippen molar-refractivity contribution in [2.45, 2.75) is 32.6 Å². The smallest absolute Gasteiger partial charge is 0.127 e. The predicted octanol–water partition coefficient (Wildman–Crippen LogP) is 4.35. The van der Waals surface area contributed by atoms with Crippen LogP contribution in [0.25, 0.3) is 0 Å². The first-order valence-electron chi connectivity index (χ1n) is 5.90. The normalized spacial score (nSPS) is 28.0. The molecule has 0 N–H and O–H groups in total. The summed E-state index contributed by atoms with van der Waals surface area (Å²) in [5.74, 6) is 0.242. The Balaban J connectivity index is 2.29. The van der Waals surface area contributed by atoms with Crippen molar-refractivity contribution in [2.75, 3.05) is 0 Å². The van der Waals surface area contributed by atoms with E-state index in [1.54, 1.807) is 12.1 Å². The molecule has 0 bridgehead atoms. The fourth-order valence-corrected chi connectivity index (χ4v) is 2.96. The van der Waals surface area contributed by atoms with E-state index in [2.05, 4.69) is 13.0 Å². The molecule has 0 spiro atoms. The highest BCUT2D eigenvalue weighted by molar-refractivity contribution is 6.31. The third kappa shape index (κ3) is 2.45. The van der Waals surface area contributed by atoms with Gasteiger partial charge in [-0.1, -0.05) is 24.6 Å². The van der Waals surface area contributed by atoms with E-state index in [1.807, 2.05) is 0 Å². The van der Waals surface area contributed by atoms with Gasteiger partial charge in [0, 0.05) is 10.6 Å². The van der Waals surface area contributed by atoms with Gasteiger partial charge in [0.15, 0.2) is 0 Å². The Bertz CT molecular complexity index is 446. The first-order valence-corrected chi connectivity index (χ1v) is 6.28. The Hall–Kier alpha value is -1.07. The van der Waals surface area contributed by atoms with Gasteiger partial charge in [-0.3, -0.25) is 0 Å². The Morgan fingerprint density at radius 2 is 2.35 bits per heavy atom. The van der Waals surface area contributed by atoms with Gasteiger partial charge in [0.2, 0.25) is 0 Å². The molecule has 2 rings (SSSR count). The molecule has 1 aromatic carbocycles. The van der Waals surface area contributed by atoms with Crippen LogP contribution in [-0.2, 0) is 6.42 Å². The van der Waals surface area contributed by atoms with Crippen LogP contribution in [0.15, 0.2) is 18.2 Å². The SMILES string of the molecule is CC1CCC(C#N)(Cc2c(F)cccc2Cl)C1. The molecule has 0 saturated heterocycles. The van der Waals surface area contributed by atoms with E-state index in [-0.39, 0.29) is 5.82 Å². The first kappa shape index (κ1) is 12.4. The molecule has 3 heteroatoms. The highest BCUT2D eigenvalue weighted by Gasteiger charge is 2.38. The van der Waals surface area contributed by atoms with Crippen molar-refractivity contribution in [3.05, 3.63) is 34.6 Å². The van der Waals surface area contributed by atoms with Crippen LogP contribution in [0.2, 0.25) is 5.02 Å². The summed E-state index contributed by atoms with van der Waals surface area (Å²) in [6.45, 7) is 2.14. The quantitative estimate of drug-likeness (QED) is 0.767. The molecular weight excluding hydrogens is 237 g/mol. The number of hydrogen-bond donors (Lipinski definition) is 0. The van der Waals surface area contributed by atoms with E-state index in [0.717, 1.165) is 19.3 Å². The van der Waals surface area contributed by atoms with E-state index in [0.29, 0.717) is 22.9 Å². The van der Waals surface area contributed by atoms with Crippen LogP contribution < -0.4 is 0 Å². The Kier molecular flexibility index (Phi) is 3.40. The summed E-state index contributed by atoms with van der Waals surface area (Å²) in [5.41, 5.74) is 0.0652. The van der Waals surface area contributed by atoms with E-state index >= 15 is 0 Å². The van der Waals surface area contributed by atoms with Crippen LogP contribution in [0.3, 0.4) is 0 Å². The van der Waals surface area contributed by atoms with Gasteiger partial charge in [0.05, 0.1) is 11.5 Å². The molecule has 1 saturated carbocycles. The van der Waals surface area contributed by atoms with Crippen molar-refractivity contribution >= 4 is 11.6 Å². The molecular formula is C14H15ClFN. The Morgan fingerprint density at radius 1 is 1.59 bits per heavy atom. The molecule has 2 unspecified atom stereocenters. The largest absolute Gasteiger partial charge is 0.207 e. The van der Waals surface area contributed by atoms with Crippen LogP contribution in [-0.4, -0.2) is 0 Å². The lowest BCUT2D eigenvalue weighted by molar-refractivity contribution is 0.384. The fraction of sp³-hybridized carbons (Fsp3) is 0.500. The summed E-state index contributed by atoms with van der Waals surface area (Å²) < 4.78 is 13.7. The van der Waals surface area contributed by atoms with Crippen molar-refractivity contribution in [1.82, 2.24) is 0 Å². The van der Waals surface area contributed by atoms with E-state index in [1.165, 1.54) is 6.07 Å². The summed E-state index contributed by atoms with van der Waals surface area (Å²) in [7, 11) is 0. The molecule has 2 atom stereocenters. The molecule has 0 amide bonds. The van der Waals surface area contributed by atoms with Crippen molar-refractivity contribution in [1.29, 1.82) is 5.26 Å². The summed E-state index contributed by atoms with van der Waals surface area (Å²) in [6, 6.07) is 7.07. The number of halogens is 2. The maximum absolute atomic E-state index is 13.7. The van der Waals surface area contributed by atoms with Crippen molar-refractivity contribution in [3.8, 4) is 6.07 Å². The zero-order chi connectivity index (χ0) is 12.5. The van der Waals surface area contributed by atoms with Crippen molar-refractivity contribution in [3.63, 3.8) is 0 Å². The molecule has 0 heterocycles. The third-order valence-electron chi connectivity index (χ3n) is 3.67. The van der Waals surface area contributed by atoms with Crippen LogP contribution in [0.4, 0.5) is 4.39 Å². The highest BCUT2D eigenvalue weighted by Crippen LogP contribution is 2.44. The lowest BCUT2D eigenvalue weighted by atomic mass is 9.80. The molecule has 0 aromatic heterocycles.